The second-order valence-corrected chi connectivity index (χ2v) is 6.51. The van der Waals surface area contributed by atoms with Crippen LogP contribution in [0.5, 0.6) is 0 Å². The molecule has 1 atom stereocenters. The summed E-state index contributed by atoms with van der Waals surface area (Å²) in [5.74, 6) is -1.41. The molecule has 0 aliphatic rings. The second kappa shape index (κ2) is 9.67. The number of hydrogen-bond acceptors (Lipinski definition) is 3. The molecule has 2 aromatic carbocycles. The van der Waals surface area contributed by atoms with Gasteiger partial charge < -0.3 is 9.64 Å². The third-order valence-electron chi connectivity index (χ3n) is 4.19. The van der Waals surface area contributed by atoms with Gasteiger partial charge in [0.1, 0.15) is 5.82 Å². The standard InChI is InChI=1S/C22H24FNO3/c1-16-4-6-18(7-5-16)10-13-21(25)24(14-17(2)22(26)27-3)15-19-8-11-20(23)12-9-19/h4-13,17H,14-15H2,1-3H3/b13-10+. The number of benzene rings is 2. The lowest BCUT2D eigenvalue weighted by atomic mass is 10.1. The lowest BCUT2D eigenvalue weighted by Crippen LogP contribution is -2.35. The van der Waals surface area contributed by atoms with E-state index in [1.807, 2.05) is 31.2 Å². The molecule has 4 nitrogen and oxygen atoms in total. The van der Waals surface area contributed by atoms with Gasteiger partial charge in [0.2, 0.25) is 5.91 Å². The van der Waals surface area contributed by atoms with Gasteiger partial charge >= 0.3 is 5.97 Å². The molecule has 0 aliphatic carbocycles. The number of halogens is 1. The van der Waals surface area contributed by atoms with E-state index in [0.29, 0.717) is 0 Å². The van der Waals surface area contributed by atoms with Crippen molar-refractivity contribution in [1.29, 1.82) is 0 Å². The number of aryl methyl sites for hydroxylation is 1. The molecule has 2 rings (SSSR count). The molecule has 2 aromatic rings. The summed E-state index contributed by atoms with van der Waals surface area (Å²) >= 11 is 0. The van der Waals surface area contributed by atoms with Crippen molar-refractivity contribution in [2.75, 3.05) is 13.7 Å². The first-order chi connectivity index (χ1) is 12.9. The van der Waals surface area contributed by atoms with E-state index in [1.54, 1.807) is 30.0 Å². The van der Waals surface area contributed by atoms with Crippen LogP contribution < -0.4 is 0 Å². The Morgan fingerprint density at radius 3 is 2.33 bits per heavy atom. The van der Waals surface area contributed by atoms with Gasteiger partial charge in [-0.3, -0.25) is 9.59 Å². The highest BCUT2D eigenvalue weighted by molar-refractivity contribution is 5.92. The van der Waals surface area contributed by atoms with Gasteiger partial charge in [0.25, 0.3) is 0 Å². The molecule has 0 saturated heterocycles. The Kier molecular flexibility index (Phi) is 7.29. The lowest BCUT2D eigenvalue weighted by molar-refractivity contribution is -0.146. The number of ether oxygens (including phenoxy) is 1. The maximum Gasteiger partial charge on any atom is 0.310 e. The van der Waals surface area contributed by atoms with E-state index in [0.717, 1.165) is 16.7 Å². The zero-order valence-electron chi connectivity index (χ0n) is 15.8. The van der Waals surface area contributed by atoms with E-state index in [-0.39, 0.29) is 30.8 Å². The number of amides is 1. The van der Waals surface area contributed by atoms with Crippen LogP contribution in [-0.4, -0.2) is 30.4 Å². The van der Waals surface area contributed by atoms with Crippen LogP contribution in [0.4, 0.5) is 4.39 Å². The zero-order valence-corrected chi connectivity index (χ0v) is 15.8. The molecular weight excluding hydrogens is 345 g/mol. The Hall–Kier alpha value is -2.95. The zero-order chi connectivity index (χ0) is 19.8. The fraction of sp³-hybridized carbons (Fsp3) is 0.273. The number of carbonyl (C=O) groups excluding carboxylic acids is 2. The minimum atomic E-state index is -0.466. The van der Waals surface area contributed by atoms with E-state index in [1.165, 1.54) is 25.3 Å². The van der Waals surface area contributed by atoms with Gasteiger partial charge in [0.15, 0.2) is 0 Å². The summed E-state index contributed by atoms with van der Waals surface area (Å²) < 4.78 is 17.9. The van der Waals surface area contributed by atoms with Gasteiger partial charge in [0, 0.05) is 19.2 Å². The highest BCUT2D eigenvalue weighted by Crippen LogP contribution is 2.12. The van der Waals surface area contributed by atoms with Crippen molar-refractivity contribution in [1.82, 2.24) is 4.90 Å². The van der Waals surface area contributed by atoms with E-state index in [2.05, 4.69) is 0 Å². The fourth-order valence-electron chi connectivity index (χ4n) is 2.60. The average molecular weight is 369 g/mol. The molecule has 1 amide bonds. The smallest absolute Gasteiger partial charge is 0.310 e. The Morgan fingerprint density at radius 2 is 1.74 bits per heavy atom. The van der Waals surface area contributed by atoms with Crippen molar-refractivity contribution < 1.29 is 18.7 Å². The second-order valence-electron chi connectivity index (χ2n) is 6.51. The predicted octanol–water partition coefficient (Wildman–Crippen LogP) is 3.99. The van der Waals surface area contributed by atoms with Crippen molar-refractivity contribution >= 4 is 18.0 Å². The molecule has 0 saturated carbocycles. The Balaban J connectivity index is 2.15. The summed E-state index contributed by atoms with van der Waals surface area (Å²) in [5.41, 5.74) is 2.84. The Bertz CT molecular complexity index is 797. The van der Waals surface area contributed by atoms with E-state index >= 15 is 0 Å². The molecule has 27 heavy (non-hydrogen) atoms. The van der Waals surface area contributed by atoms with Crippen LogP contribution in [0.15, 0.2) is 54.6 Å². The van der Waals surface area contributed by atoms with Crippen LogP contribution >= 0.6 is 0 Å². The normalized spacial score (nSPS) is 12.0. The molecule has 0 bridgehead atoms. The van der Waals surface area contributed by atoms with Crippen LogP contribution in [0.1, 0.15) is 23.6 Å². The highest BCUT2D eigenvalue weighted by atomic mass is 19.1. The number of carbonyl (C=O) groups is 2. The monoisotopic (exact) mass is 369 g/mol. The fourth-order valence-corrected chi connectivity index (χ4v) is 2.60. The first-order valence-corrected chi connectivity index (χ1v) is 8.75. The van der Waals surface area contributed by atoms with Crippen LogP contribution in [0, 0.1) is 18.7 Å². The molecule has 0 heterocycles. The third-order valence-corrected chi connectivity index (χ3v) is 4.19. The molecular formula is C22H24FNO3. The highest BCUT2D eigenvalue weighted by Gasteiger charge is 2.20. The number of nitrogens with zero attached hydrogens (tertiary/aromatic N) is 1. The van der Waals surface area contributed by atoms with Gasteiger partial charge in [0.05, 0.1) is 13.0 Å². The van der Waals surface area contributed by atoms with Gasteiger partial charge in [-0.1, -0.05) is 48.9 Å². The van der Waals surface area contributed by atoms with Gasteiger partial charge in [-0.2, -0.15) is 0 Å². The van der Waals surface area contributed by atoms with E-state index in [9.17, 15) is 14.0 Å². The van der Waals surface area contributed by atoms with Crippen LogP contribution in [0.3, 0.4) is 0 Å². The minimum Gasteiger partial charge on any atom is -0.469 e. The summed E-state index contributed by atoms with van der Waals surface area (Å²) in [4.78, 5) is 26.0. The average Bonchev–Trinajstić information content (AvgIpc) is 2.67. The van der Waals surface area contributed by atoms with Gasteiger partial charge in [-0.25, -0.2) is 4.39 Å². The van der Waals surface area contributed by atoms with Crippen molar-refractivity contribution in [2.45, 2.75) is 20.4 Å². The lowest BCUT2D eigenvalue weighted by Gasteiger charge is -2.24. The molecule has 5 heteroatoms. The summed E-state index contributed by atoms with van der Waals surface area (Å²) in [6.07, 6.45) is 3.22. The summed E-state index contributed by atoms with van der Waals surface area (Å²) in [5, 5.41) is 0. The maximum absolute atomic E-state index is 13.1. The molecule has 0 N–H and O–H groups in total. The Morgan fingerprint density at radius 1 is 1.11 bits per heavy atom. The van der Waals surface area contributed by atoms with Crippen LogP contribution in [0.25, 0.3) is 6.08 Å². The summed E-state index contributed by atoms with van der Waals surface area (Å²) in [6, 6.07) is 13.8. The van der Waals surface area contributed by atoms with Crippen LogP contribution in [-0.2, 0) is 20.9 Å². The topological polar surface area (TPSA) is 46.6 Å². The van der Waals surface area contributed by atoms with Gasteiger partial charge in [-0.15, -0.1) is 0 Å². The molecule has 0 aliphatic heterocycles. The minimum absolute atomic E-state index is 0.209. The number of methoxy groups -OCH3 is 1. The molecule has 0 spiro atoms. The summed E-state index contributed by atoms with van der Waals surface area (Å²) in [6.45, 7) is 4.19. The van der Waals surface area contributed by atoms with Crippen molar-refractivity contribution in [3.63, 3.8) is 0 Å². The van der Waals surface area contributed by atoms with Crippen molar-refractivity contribution in [3.8, 4) is 0 Å². The molecule has 0 fully saturated rings. The SMILES string of the molecule is COC(=O)C(C)CN(Cc1ccc(F)cc1)C(=O)/C=C/c1ccc(C)cc1. The quantitative estimate of drug-likeness (QED) is 0.548. The molecule has 1 unspecified atom stereocenters. The van der Waals surface area contributed by atoms with Crippen molar-refractivity contribution in [3.05, 3.63) is 77.1 Å². The predicted molar refractivity (Wildman–Crippen MR) is 103 cm³/mol. The molecule has 142 valence electrons. The maximum atomic E-state index is 13.1. The largest absolute Gasteiger partial charge is 0.469 e. The molecule has 0 aromatic heterocycles. The Labute approximate surface area is 159 Å². The first-order valence-electron chi connectivity index (χ1n) is 8.75. The molecule has 0 radical (unpaired) electrons. The van der Waals surface area contributed by atoms with Gasteiger partial charge in [-0.05, 0) is 36.3 Å². The number of esters is 1. The van der Waals surface area contributed by atoms with E-state index < -0.39 is 5.92 Å². The number of rotatable bonds is 7. The van der Waals surface area contributed by atoms with E-state index in [4.69, 9.17) is 4.74 Å². The first kappa shape index (κ1) is 20.4. The van der Waals surface area contributed by atoms with Crippen LogP contribution in [0.2, 0.25) is 0 Å². The number of hydrogen-bond donors (Lipinski definition) is 0. The summed E-state index contributed by atoms with van der Waals surface area (Å²) in [7, 11) is 1.32. The van der Waals surface area contributed by atoms with Crippen molar-refractivity contribution in [2.24, 2.45) is 5.92 Å². The third kappa shape index (κ3) is 6.37.